The zero-order chi connectivity index (χ0) is 13.3. The number of carboxylic acids is 1. The number of aliphatic carboxylic acids is 1. The molecule has 0 heterocycles. The van der Waals surface area contributed by atoms with Gasteiger partial charge in [-0.25, -0.2) is 4.79 Å². The van der Waals surface area contributed by atoms with Crippen LogP contribution >= 0.6 is 22.6 Å². The van der Waals surface area contributed by atoms with E-state index in [1.807, 2.05) is 22.6 Å². The smallest absolute Gasteiger partial charge is 0.417 e. The quantitative estimate of drug-likeness (QED) is 0.814. The van der Waals surface area contributed by atoms with Crippen molar-refractivity contribution in [3.8, 4) is 0 Å². The first-order valence-corrected chi connectivity index (χ1v) is 5.58. The zero-order valence-electron chi connectivity index (χ0n) is 8.46. The molecule has 0 saturated carbocycles. The van der Waals surface area contributed by atoms with Crippen molar-refractivity contribution in [2.45, 2.75) is 18.1 Å². The van der Waals surface area contributed by atoms with Crippen molar-refractivity contribution >= 4 is 28.6 Å². The summed E-state index contributed by atoms with van der Waals surface area (Å²) < 4.78 is 38.7. The lowest BCUT2D eigenvalue weighted by Crippen LogP contribution is -2.61. The number of hydrogen-bond acceptors (Lipinski definition) is 2. The van der Waals surface area contributed by atoms with E-state index in [4.69, 9.17) is 10.8 Å². The van der Waals surface area contributed by atoms with Crippen LogP contribution in [-0.4, -0.2) is 22.8 Å². The molecule has 94 valence electrons. The van der Waals surface area contributed by atoms with Gasteiger partial charge < -0.3 is 10.8 Å². The standard InChI is InChI=1S/C10H9F3INO2/c11-10(12,13)9(15,8(16)17)5-6-1-3-7(14)4-2-6/h1-4H,5,15H2,(H,16,17). The molecule has 1 aromatic rings. The van der Waals surface area contributed by atoms with E-state index in [0.29, 0.717) is 0 Å². The summed E-state index contributed by atoms with van der Waals surface area (Å²) in [5, 5.41) is 8.64. The van der Waals surface area contributed by atoms with E-state index < -0.39 is 24.1 Å². The minimum absolute atomic E-state index is 0.229. The van der Waals surface area contributed by atoms with Crippen LogP contribution in [0.3, 0.4) is 0 Å². The lowest BCUT2D eigenvalue weighted by molar-refractivity contribution is -0.201. The van der Waals surface area contributed by atoms with Crippen molar-refractivity contribution in [2.24, 2.45) is 5.73 Å². The molecule has 0 aliphatic carbocycles. The fraction of sp³-hybridized carbons (Fsp3) is 0.300. The van der Waals surface area contributed by atoms with Gasteiger partial charge in [0.05, 0.1) is 0 Å². The maximum atomic E-state index is 12.6. The monoisotopic (exact) mass is 359 g/mol. The fourth-order valence-corrected chi connectivity index (χ4v) is 1.58. The predicted molar refractivity (Wildman–Crippen MR) is 63.5 cm³/mol. The van der Waals surface area contributed by atoms with Gasteiger partial charge in [0, 0.05) is 9.99 Å². The third kappa shape index (κ3) is 3.09. The molecule has 0 amide bonds. The van der Waals surface area contributed by atoms with Gasteiger partial charge in [-0.15, -0.1) is 0 Å². The van der Waals surface area contributed by atoms with Crippen LogP contribution in [0.15, 0.2) is 24.3 Å². The van der Waals surface area contributed by atoms with Crippen LogP contribution in [0.2, 0.25) is 0 Å². The second-order valence-corrected chi connectivity index (χ2v) is 4.82. The van der Waals surface area contributed by atoms with Gasteiger partial charge in [0.25, 0.3) is 0 Å². The highest BCUT2D eigenvalue weighted by atomic mass is 127. The number of alkyl halides is 3. The maximum Gasteiger partial charge on any atom is 0.417 e. The highest BCUT2D eigenvalue weighted by Gasteiger charge is 2.58. The molecule has 0 radical (unpaired) electrons. The molecule has 0 spiro atoms. The Morgan fingerprint density at radius 3 is 2.12 bits per heavy atom. The van der Waals surface area contributed by atoms with Gasteiger partial charge >= 0.3 is 12.1 Å². The molecular formula is C10H9F3INO2. The Balaban J connectivity index is 3.04. The molecule has 0 aliphatic heterocycles. The van der Waals surface area contributed by atoms with E-state index in [9.17, 15) is 18.0 Å². The molecule has 1 rings (SSSR count). The van der Waals surface area contributed by atoms with Gasteiger partial charge in [0.2, 0.25) is 5.54 Å². The average Bonchev–Trinajstić information content (AvgIpc) is 2.19. The highest BCUT2D eigenvalue weighted by molar-refractivity contribution is 14.1. The summed E-state index contributed by atoms with van der Waals surface area (Å²) in [7, 11) is 0. The molecule has 3 nitrogen and oxygen atoms in total. The fourth-order valence-electron chi connectivity index (χ4n) is 1.22. The van der Waals surface area contributed by atoms with Crippen molar-refractivity contribution in [3.05, 3.63) is 33.4 Å². The summed E-state index contributed by atoms with van der Waals surface area (Å²) >= 11 is 1.99. The van der Waals surface area contributed by atoms with Crippen molar-refractivity contribution in [3.63, 3.8) is 0 Å². The Labute approximate surface area is 109 Å². The van der Waals surface area contributed by atoms with Gasteiger partial charge in [-0.3, -0.25) is 0 Å². The minimum Gasteiger partial charge on any atom is -0.480 e. The van der Waals surface area contributed by atoms with Crippen LogP contribution in [-0.2, 0) is 11.2 Å². The first-order valence-electron chi connectivity index (χ1n) is 4.50. The average molecular weight is 359 g/mol. The minimum atomic E-state index is -5.00. The number of hydrogen-bond donors (Lipinski definition) is 2. The highest BCUT2D eigenvalue weighted by Crippen LogP contribution is 2.31. The number of rotatable bonds is 3. The molecular weight excluding hydrogens is 350 g/mol. The van der Waals surface area contributed by atoms with E-state index in [1.165, 1.54) is 12.1 Å². The van der Waals surface area contributed by atoms with Crippen LogP contribution in [0, 0.1) is 3.57 Å². The van der Waals surface area contributed by atoms with Crippen molar-refractivity contribution < 1.29 is 23.1 Å². The SMILES string of the molecule is NC(Cc1ccc(I)cc1)(C(=O)O)C(F)(F)F. The second-order valence-electron chi connectivity index (χ2n) is 3.58. The lowest BCUT2D eigenvalue weighted by atomic mass is 9.91. The van der Waals surface area contributed by atoms with E-state index in [0.717, 1.165) is 3.57 Å². The topological polar surface area (TPSA) is 63.3 Å². The van der Waals surface area contributed by atoms with Crippen molar-refractivity contribution in [1.29, 1.82) is 0 Å². The molecule has 0 fully saturated rings. The van der Waals surface area contributed by atoms with Crippen molar-refractivity contribution in [1.82, 2.24) is 0 Å². The van der Waals surface area contributed by atoms with E-state index in [2.05, 4.69) is 0 Å². The van der Waals surface area contributed by atoms with E-state index in [-0.39, 0.29) is 5.56 Å². The zero-order valence-corrected chi connectivity index (χ0v) is 10.6. The van der Waals surface area contributed by atoms with Crippen molar-refractivity contribution in [2.75, 3.05) is 0 Å². The number of benzene rings is 1. The molecule has 0 saturated heterocycles. The lowest BCUT2D eigenvalue weighted by Gasteiger charge is -2.27. The van der Waals surface area contributed by atoms with Crippen LogP contribution < -0.4 is 5.73 Å². The van der Waals surface area contributed by atoms with Gasteiger partial charge in [-0.2, -0.15) is 13.2 Å². The molecule has 0 bridgehead atoms. The van der Waals surface area contributed by atoms with Crippen LogP contribution in [0.25, 0.3) is 0 Å². The molecule has 17 heavy (non-hydrogen) atoms. The Kier molecular flexibility index (Phi) is 4.03. The van der Waals surface area contributed by atoms with Gasteiger partial charge in [-0.1, -0.05) is 12.1 Å². The third-order valence-corrected chi connectivity index (χ3v) is 3.00. The molecule has 1 unspecified atom stereocenters. The first kappa shape index (κ1) is 14.2. The Morgan fingerprint density at radius 2 is 1.76 bits per heavy atom. The van der Waals surface area contributed by atoms with Crippen LogP contribution in [0.5, 0.6) is 0 Å². The second kappa shape index (κ2) is 4.81. The number of halogens is 4. The molecule has 0 aliphatic rings. The summed E-state index contributed by atoms with van der Waals surface area (Å²) in [6.07, 6.45) is -5.79. The molecule has 0 aromatic heterocycles. The van der Waals surface area contributed by atoms with Gasteiger partial charge in [0.15, 0.2) is 0 Å². The Bertz CT molecular complexity index is 419. The van der Waals surface area contributed by atoms with Crippen LogP contribution in [0.4, 0.5) is 13.2 Å². The number of carboxylic acid groups (broad SMARTS) is 1. The molecule has 7 heteroatoms. The molecule has 1 atom stereocenters. The summed E-state index contributed by atoms with van der Waals surface area (Å²) in [4.78, 5) is 10.7. The number of carbonyl (C=O) groups is 1. The Morgan fingerprint density at radius 1 is 1.29 bits per heavy atom. The summed E-state index contributed by atoms with van der Waals surface area (Å²) in [5.74, 6) is -2.08. The van der Waals surface area contributed by atoms with Gasteiger partial charge in [0.1, 0.15) is 0 Å². The van der Waals surface area contributed by atoms with Crippen LogP contribution in [0.1, 0.15) is 5.56 Å². The summed E-state index contributed by atoms with van der Waals surface area (Å²) in [5.41, 5.74) is 1.94. The molecule has 1 aromatic carbocycles. The largest absolute Gasteiger partial charge is 0.480 e. The molecule has 3 N–H and O–H groups in total. The summed E-state index contributed by atoms with van der Waals surface area (Å²) in [6.45, 7) is 0. The predicted octanol–water partition coefficient (Wildman–Crippen LogP) is 2.18. The van der Waals surface area contributed by atoms with E-state index in [1.54, 1.807) is 12.1 Å². The Hall–Kier alpha value is -0.830. The normalized spacial score (nSPS) is 15.4. The third-order valence-electron chi connectivity index (χ3n) is 2.28. The summed E-state index contributed by atoms with van der Waals surface area (Å²) in [6, 6.07) is 6.04. The van der Waals surface area contributed by atoms with E-state index >= 15 is 0 Å². The maximum absolute atomic E-state index is 12.6. The first-order chi connectivity index (χ1) is 7.67. The number of nitrogens with two attached hydrogens (primary N) is 1. The van der Waals surface area contributed by atoms with Gasteiger partial charge in [-0.05, 0) is 40.3 Å².